The fourth-order valence-corrected chi connectivity index (χ4v) is 2.49. The number of hydrogen-bond acceptors (Lipinski definition) is 5. The lowest BCUT2D eigenvalue weighted by Gasteiger charge is -2.25. The van der Waals surface area contributed by atoms with Crippen molar-refractivity contribution >= 4 is 15.9 Å². The average Bonchev–Trinajstić information content (AvgIpc) is 2.34. The summed E-state index contributed by atoms with van der Waals surface area (Å²) in [5.74, 6) is -0.788. The fourth-order valence-electron chi connectivity index (χ4n) is 1.44. The molecule has 1 atom stereocenters. The van der Waals surface area contributed by atoms with Crippen molar-refractivity contribution in [1.29, 1.82) is 0 Å². The summed E-state index contributed by atoms with van der Waals surface area (Å²) in [6.07, 6.45) is 4.09. The Labute approximate surface area is 105 Å². The zero-order chi connectivity index (χ0) is 13.8. The zero-order valence-corrected chi connectivity index (χ0v) is 10.9. The molecule has 1 unspecified atom stereocenters. The van der Waals surface area contributed by atoms with Gasteiger partial charge in [0.1, 0.15) is 6.04 Å². The number of sulfonamides is 1. The van der Waals surface area contributed by atoms with Gasteiger partial charge in [-0.05, 0) is 18.6 Å². The van der Waals surface area contributed by atoms with E-state index in [1.165, 1.54) is 18.6 Å². The van der Waals surface area contributed by atoms with Crippen LogP contribution in [0.4, 0.5) is 0 Å². The van der Waals surface area contributed by atoms with Gasteiger partial charge in [0.05, 0.1) is 6.26 Å². The highest BCUT2D eigenvalue weighted by atomic mass is 32.2. The van der Waals surface area contributed by atoms with Gasteiger partial charge in [0.2, 0.25) is 10.0 Å². The third kappa shape index (κ3) is 3.76. The van der Waals surface area contributed by atoms with E-state index in [-0.39, 0.29) is 6.54 Å². The summed E-state index contributed by atoms with van der Waals surface area (Å²) >= 11 is 0. The van der Waals surface area contributed by atoms with Gasteiger partial charge in [0.25, 0.3) is 5.91 Å². The largest absolute Gasteiger partial charge is 0.289 e. The van der Waals surface area contributed by atoms with Crippen LogP contribution < -0.4 is 5.48 Å². The van der Waals surface area contributed by atoms with Gasteiger partial charge in [0, 0.05) is 18.9 Å². The number of pyridine rings is 1. The summed E-state index contributed by atoms with van der Waals surface area (Å²) in [6, 6.07) is 2.37. The second kappa shape index (κ2) is 5.89. The molecule has 1 rings (SSSR count). The molecule has 0 bridgehead atoms. The quantitative estimate of drug-likeness (QED) is 0.568. The molecule has 1 amide bonds. The Kier molecular flexibility index (Phi) is 4.76. The van der Waals surface area contributed by atoms with E-state index in [1.54, 1.807) is 18.3 Å². The predicted octanol–water partition coefficient (Wildman–Crippen LogP) is -0.263. The van der Waals surface area contributed by atoms with Crippen LogP contribution in [0, 0.1) is 0 Å². The Balaban J connectivity index is 2.97. The summed E-state index contributed by atoms with van der Waals surface area (Å²) < 4.78 is 24.3. The Morgan fingerprint density at radius 1 is 1.61 bits per heavy atom. The van der Waals surface area contributed by atoms with E-state index in [0.717, 1.165) is 10.6 Å². The van der Waals surface area contributed by atoms with Gasteiger partial charge in [-0.15, -0.1) is 0 Å². The molecule has 0 aliphatic rings. The number of rotatable bonds is 5. The molecule has 1 aromatic rings. The molecular formula is C10H15N3O4S. The molecule has 0 aromatic carbocycles. The maximum absolute atomic E-state index is 11.6. The zero-order valence-electron chi connectivity index (χ0n) is 10.1. The molecule has 1 heterocycles. The smallest absolute Gasteiger partial charge is 0.261 e. The van der Waals surface area contributed by atoms with Crippen LogP contribution in [-0.2, 0) is 21.4 Å². The van der Waals surface area contributed by atoms with Gasteiger partial charge in [-0.1, -0.05) is 6.07 Å². The van der Waals surface area contributed by atoms with E-state index in [1.807, 2.05) is 0 Å². The number of aromatic nitrogens is 1. The van der Waals surface area contributed by atoms with Gasteiger partial charge >= 0.3 is 0 Å². The van der Waals surface area contributed by atoms with Crippen LogP contribution in [0.25, 0.3) is 0 Å². The van der Waals surface area contributed by atoms with E-state index in [4.69, 9.17) is 5.21 Å². The van der Waals surface area contributed by atoms with Crippen molar-refractivity contribution in [2.75, 3.05) is 6.26 Å². The third-order valence-electron chi connectivity index (χ3n) is 2.41. The summed E-state index contributed by atoms with van der Waals surface area (Å²) in [4.78, 5) is 15.2. The molecule has 1 aromatic heterocycles. The van der Waals surface area contributed by atoms with Crippen LogP contribution in [0.15, 0.2) is 24.5 Å². The van der Waals surface area contributed by atoms with Crippen LogP contribution in [-0.4, -0.2) is 41.1 Å². The fraction of sp³-hybridized carbons (Fsp3) is 0.400. The van der Waals surface area contributed by atoms with Crippen molar-refractivity contribution in [3.8, 4) is 0 Å². The highest BCUT2D eigenvalue weighted by Gasteiger charge is 2.28. The Morgan fingerprint density at radius 2 is 2.28 bits per heavy atom. The van der Waals surface area contributed by atoms with Crippen molar-refractivity contribution in [2.45, 2.75) is 19.5 Å². The third-order valence-corrected chi connectivity index (χ3v) is 3.71. The number of amides is 1. The van der Waals surface area contributed by atoms with Crippen molar-refractivity contribution in [3.05, 3.63) is 30.1 Å². The normalized spacial score (nSPS) is 13.3. The highest BCUT2D eigenvalue weighted by molar-refractivity contribution is 7.88. The summed E-state index contributed by atoms with van der Waals surface area (Å²) in [5.41, 5.74) is 2.10. The maximum atomic E-state index is 11.6. The predicted molar refractivity (Wildman–Crippen MR) is 64.0 cm³/mol. The Morgan fingerprint density at radius 3 is 2.72 bits per heavy atom. The second-order valence-corrected chi connectivity index (χ2v) is 5.76. The molecule has 0 spiro atoms. The summed E-state index contributed by atoms with van der Waals surface area (Å²) in [5, 5.41) is 8.55. The standard InChI is InChI=1S/C10H15N3O4S/c1-8(10(14)12-15)13(18(2,16)17)7-9-4-3-5-11-6-9/h3-6,8,15H,7H2,1-2H3,(H,12,14). The first-order valence-corrected chi connectivity index (χ1v) is 7.00. The monoisotopic (exact) mass is 273 g/mol. The van der Waals surface area contributed by atoms with Crippen LogP contribution in [0.3, 0.4) is 0 Å². The SMILES string of the molecule is CC(C(=O)NO)N(Cc1cccnc1)S(C)(=O)=O. The van der Waals surface area contributed by atoms with Crippen molar-refractivity contribution in [3.63, 3.8) is 0 Å². The van der Waals surface area contributed by atoms with Crippen molar-refractivity contribution in [1.82, 2.24) is 14.8 Å². The number of hydrogen-bond donors (Lipinski definition) is 2. The highest BCUT2D eigenvalue weighted by Crippen LogP contribution is 2.11. The molecule has 0 radical (unpaired) electrons. The topological polar surface area (TPSA) is 99.6 Å². The van der Waals surface area contributed by atoms with E-state index >= 15 is 0 Å². The molecule has 0 saturated carbocycles. The van der Waals surface area contributed by atoms with Gasteiger partial charge in [0.15, 0.2) is 0 Å². The molecule has 8 heteroatoms. The number of nitrogens with zero attached hydrogens (tertiary/aromatic N) is 2. The maximum Gasteiger partial charge on any atom is 0.261 e. The van der Waals surface area contributed by atoms with Gasteiger partial charge in [-0.25, -0.2) is 13.9 Å². The lowest BCUT2D eigenvalue weighted by Crippen LogP contribution is -2.46. The van der Waals surface area contributed by atoms with Crippen LogP contribution in [0.1, 0.15) is 12.5 Å². The first kappa shape index (κ1) is 14.6. The number of hydroxylamine groups is 1. The van der Waals surface area contributed by atoms with Crippen LogP contribution in [0.2, 0.25) is 0 Å². The Hall–Kier alpha value is -1.51. The molecule has 100 valence electrons. The number of carbonyl (C=O) groups excluding carboxylic acids is 1. The van der Waals surface area contributed by atoms with Crippen LogP contribution in [0.5, 0.6) is 0 Å². The van der Waals surface area contributed by atoms with Crippen molar-refractivity contribution < 1.29 is 18.4 Å². The number of carbonyl (C=O) groups is 1. The van der Waals surface area contributed by atoms with E-state index in [0.29, 0.717) is 5.56 Å². The molecule has 7 nitrogen and oxygen atoms in total. The minimum atomic E-state index is -3.58. The lowest BCUT2D eigenvalue weighted by molar-refractivity contribution is -0.132. The van der Waals surface area contributed by atoms with Gasteiger partial charge in [-0.3, -0.25) is 15.0 Å². The Bertz CT molecular complexity index is 503. The lowest BCUT2D eigenvalue weighted by atomic mass is 10.2. The number of nitrogens with one attached hydrogen (secondary N) is 1. The molecule has 0 aliphatic heterocycles. The van der Waals surface area contributed by atoms with Crippen LogP contribution >= 0.6 is 0 Å². The van der Waals surface area contributed by atoms with Gasteiger partial charge < -0.3 is 0 Å². The first-order chi connectivity index (χ1) is 8.36. The minimum Gasteiger partial charge on any atom is -0.289 e. The molecule has 18 heavy (non-hydrogen) atoms. The molecule has 0 saturated heterocycles. The van der Waals surface area contributed by atoms with Crippen molar-refractivity contribution in [2.24, 2.45) is 0 Å². The molecule has 0 aliphatic carbocycles. The summed E-state index contributed by atoms with van der Waals surface area (Å²) in [7, 11) is -3.58. The molecule has 2 N–H and O–H groups in total. The molecule has 0 fully saturated rings. The molecular weight excluding hydrogens is 258 g/mol. The minimum absolute atomic E-state index is 0.0151. The first-order valence-electron chi connectivity index (χ1n) is 5.16. The van der Waals surface area contributed by atoms with E-state index in [2.05, 4.69) is 4.98 Å². The van der Waals surface area contributed by atoms with E-state index in [9.17, 15) is 13.2 Å². The van der Waals surface area contributed by atoms with Gasteiger partial charge in [-0.2, -0.15) is 4.31 Å². The average molecular weight is 273 g/mol. The second-order valence-electron chi connectivity index (χ2n) is 3.82. The van der Waals surface area contributed by atoms with E-state index < -0.39 is 22.0 Å². The summed E-state index contributed by atoms with van der Waals surface area (Å²) in [6.45, 7) is 1.41.